The summed E-state index contributed by atoms with van der Waals surface area (Å²) in [5, 5.41) is 1.97. The second-order valence-corrected chi connectivity index (χ2v) is 7.92. The topological polar surface area (TPSA) is 44.0 Å². The third kappa shape index (κ3) is 2.40. The molecule has 4 nitrogen and oxygen atoms in total. The minimum atomic E-state index is -0.153. The fourth-order valence-electron chi connectivity index (χ4n) is 4.70. The maximum atomic E-state index is 13.8. The fourth-order valence-corrected chi connectivity index (χ4v) is 4.70. The third-order valence-electron chi connectivity index (χ3n) is 6.40. The number of rotatable bonds is 2. The Morgan fingerprint density at radius 3 is 1.47 bits per heavy atom. The zero-order chi connectivity index (χ0) is 21.2. The van der Waals surface area contributed by atoms with Gasteiger partial charge in [-0.1, -0.05) is 36.4 Å². The minimum Gasteiger partial charge on any atom is -0.347 e. The second-order valence-electron chi connectivity index (χ2n) is 7.92. The average molecular weight is 394 g/mol. The molecule has 4 aromatic rings. The number of fused-ring (bicyclic) bond motifs is 2. The van der Waals surface area contributed by atoms with Gasteiger partial charge in [0.2, 0.25) is 0 Å². The van der Waals surface area contributed by atoms with Crippen molar-refractivity contribution in [2.45, 2.75) is 13.8 Å². The van der Waals surface area contributed by atoms with Crippen molar-refractivity contribution in [2.24, 2.45) is 14.1 Å². The second kappa shape index (κ2) is 6.42. The molecule has 0 fully saturated rings. The van der Waals surface area contributed by atoms with Gasteiger partial charge in [0, 0.05) is 69.6 Å². The lowest BCUT2D eigenvalue weighted by molar-refractivity contribution is -0.112. The summed E-state index contributed by atoms with van der Waals surface area (Å²) < 4.78 is 4.15. The third-order valence-corrected chi connectivity index (χ3v) is 6.40. The zero-order valence-electron chi connectivity index (χ0n) is 17.5. The lowest BCUT2D eigenvalue weighted by Gasteiger charge is -2.15. The highest BCUT2D eigenvalue weighted by Crippen LogP contribution is 2.39. The number of hydrogen-bond donors (Lipinski definition) is 0. The molecule has 2 aromatic heterocycles. The van der Waals surface area contributed by atoms with E-state index < -0.39 is 0 Å². The minimum absolute atomic E-state index is 0.103. The van der Waals surface area contributed by atoms with E-state index in [0.29, 0.717) is 11.1 Å². The number of benzene rings is 2. The number of aryl methyl sites for hydroxylation is 2. The highest BCUT2D eigenvalue weighted by molar-refractivity contribution is 6.50. The molecule has 0 atom stereocenters. The van der Waals surface area contributed by atoms with Gasteiger partial charge in [0.05, 0.1) is 0 Å². The van der Waals surface area contributed by atoms with E-state index in [9.17, 15) is 9.59 Å². The van der Waals surface area contributed by atoms with Crippen LogP contribution < -0.4 is 0 Å². The monoisotopic (exact) mass is 394 g/mol. The van der Waals surface area contributed by atoms with Crippen LogP contribution in [0.4, 0.5) is 0 Å². The molecule has 0 saturated heterocycles. The first-order valence-electron chi connectivity index (χ1n) is 10.0. The Kier molecular flexibility index (Phi) is 3.93. The summed E-state index contributed by atoms with van der Waals surface area (Å²) in [6.07, 6.45) is 2.97. The number of nitrogens with zero attached hydrogens (tertiary/aromatic N) is 2. The van der Waals surface area contributed by atoms with Crippen LogP contribution in [0.3, 0.4) is 0 Å². The van der Waals surface area contributed by atoms with Crippen LogP contribution in [0.25, 0.3) is 33.0 Å². The lowest BCUT2D eigenvalue weighted by Crippen LogP contribution is -2.14. The maximum Gasteiger partial charge on any atom is 0.194 e. The van der Waals surface area contributed by atoms with Crippen molar-refractivity contribution in [1.82, 2.24) is 9.13 Å². The van der Waals surface area contributed by atoms with Gasteiger partial charge in [-0.3, -0.25) is 9.59 Å². The van der Waals surface area contributed by atoms with E-state index in [2.05, 4.69) is 9.13 Å². The fraction of sp³-hybridized carbons (Fsp3) is 0.154. The Morgan fingerprint density at radius 2 is 1.03 bits per heavy atom. The number of Topliss-reactive ketones (excluding diaryl/α,β-unsaturated/α-hetero) is 1. The number of hydrogen-bond acceptors (Lipinski definition) is 2. The van der Waals surface area contributed by atoms with E-state index in [1.165, 1.54) is 12.2 Å². The number of carbonyl (C=O) groups excluding carboxylic acids is 2. The molecule has 0 bridgehead atoms. The summed E-state index contributed by atoms with van der Waals surface area (Å²) in [5.41, 5.74) is 6.66. The van der Waals surface area contributed by atoms with Crippen LogP contribution in [0.2, 0.25) is 0 Å². The SMILES string of the molecule is Cc1c(C2=CC(=O)C=C(c3c(C)n(C)c4ccccc34)C2=O)c2ccccc2n1C. The number of para-hydroxylation sites is 2. The maximum absolute atomic E-state index is 13.8. The predicted molar refractivity (Wildman–Crippen MR) is 121 cm³/mol. The molecular weight excluding hydrogens is 372 g/mol. The molecular formula is C26H22N2O2. The summed E-state index contributed by atoms with van der Waals surface area (Å²) >= 11 is 0. The molecule has 5 rings (SSSR count). The van der Waals surface area contributed by atoms with Crippen molar-refractivity contribution in [2.75, 3.05) is 0 Å². The van der Waals surface area contributed by atoms with Gasteiger partial charge >= 0.3 is 0 Å². The average Bonchev–Trinajstić information content (AvgIpc) is 3.15. The summed E-state index contributed by atoms with van der Waals surface area (Å²) in [6.45, 7) is 3.99. The van der Waals surface area contributed by atoms with Crippen LogP contribution in [0.15, 0.2) is 60.7 Å². The van der Waals surface area contributed by atoms with Gasteiger partial charge in [-0.25, -0.2) is 0 Å². The molecule has 1 aliphatic rings. The van der Waals surface area contributed by atoms with Gasteiger partial charge in [0.25, 0.3) is 0 Å². The molecule has 0 amide bonds. The quantitative estimate of drug-likeness (QED) is 0.454. The van der Waals surface area contributed by atoms with Crippen molar-refractivity contribution in [3.8, 4) is 0 Å². The first-order chi connectivity index (χ1) is 14.4. The van der Waals surface area contributed by atoms with Gasteiger partial charge in [0.1, 0.15) is 0 Å². The molecule has 0 saturated carbocycles. The molecule has 0 aliphatic heterocycles. The Bertz CT molecular complexity index is 1350. The Hall–Kier alpha value is -3.66. The van der Waals surface area contributed by atoms with Crippen LogP contribution in [0.5, 0.6) is 0 Å². The normalized spacial score (nSPS) is 14.5. The number of allylic oxidation sites excluding steroid dienone is 4. The molecule has 2 heterocycles. The van der Waals surface area contributed by atoms with Crippen LogP contribution >= 0.6 is 0 Å². The Morgan fingerprint density at radius 1 is 0.633 bits per heavy atom. The molecule has 0 spiro atoms. The van der Waals surface area contributed by atoms with Crippen LogP contribution in [0.1, 0.15) is 22.5 Å². The molecule has 1 aliphatic carbocycles. The van der Waals surface area contributed by atoms with Crippen LogP contribution in [0, 0.1) is 13.8 Å². The molecule has 148 valence electrons. The van der Waals surface area contributed by atoms with E-state index in [1.54, 1.807) is 0 Å². The molecule has 30 heavy (non-hydrogen) atoms. The van der Waals surface area contributed by atoms with Gasteiger partial charge in [-0.2, -0.15) is 0 Å². The first kappa shape index (κ1) is 18.4. The Labute approximate surface area is 174 Å². The highest BCUT2D eigenvalue weighted by atomic mass is 16.1. The summed E-state index contributed by atoms with van der Waals surface area (Å²) in [6, 6.07) is 16.0. The van der Waals surface area contributed by atoms with Crippen LogP contribution in [-0.4, -0.2) is 20.7 Å². The highest BCUT2D eigenvalue weighted by Gasteiger charge is 2.30. The van der Waals surface area contributed by atoms with Gasteiger partial charge < -0.3 is 9.13 Å². The number of ketones is 2. The van der Waals surface area contributed by atoms with Gasteiger partial charge in [-0.05, 0) is 38.1 Å². The first-order valence-corrected chi connectivity index (χ1v) is 10.0. The number of aromatic nitrogens is 2. The van der Waals surface area contributed by atoms with Gasteiger partial charge in [-0.15, -0.1) is 0 Å². The molecule has 0 N–H and O–H groups in total. The predicted octanol–water partition coefficient (Wildman–Crippen LogP) is 4.91. The largest absolute Gasteiger partial charge is 0.347 e. The van der Waals surface area contributed by atoms with Crippen molar-refractivity contribution >= 4 is 44.5 Å². The van der Waals surface area contributed by atoms with Crippen molar-refractivity contribution < 1.29 is 9.59 Å². The van der Waals surface area contributed by atoms with Crippen LogP contribution in [-0.2, 0) is 23.7 Å². The van der Waals surface area contributed by atoms with E-state index in [4.69, 9.17) is 0 Å². The van der Waals surface area contributed by atoms with Gasteiger partial charge in [0.15, 0.2) is 11.6 Å². The lowest BCUT2D eigenvalue weighted by atomic mass is 9.85. The van der Waals surface area contributed by atoms with Crippen molar-refractivity contribution in [1.29, 1.82) is 0 Å². The molecule has 0 unspecified atom stereocenters. The zero-order valence-corrected chi connectivity index (χ0v) is 17.5. The smallest absolute Gasteiger partial charge is 0.194 e. The van der Waals surface area contributed by atoms with E-state index in [0.717, 1.165) is 44.3 Å². The van der Waals surface area contributed by atoms with Crippen molar-refractivity contribution in [3.63, 3.8) is 0 Å². The summed E-state index contributed by atoms with van der Waals surface area (Å²) in [5.74, 6) is -0.257. The standard InChI is InChI=1S/C26H22N2O2/c1-15-24(18-9-5-7-11-22(18)27(15)3)20-13-17(29)14-21(26(20)30)25-16(2)28(4)23-12-8-6-10-19(23)25/h5-14H,1-4H3. The molecule has 2 aromatic carbocycles. The van der Waals surface area contributed by atoms with E-state index in [-0.39, 0.29) is 11.6 Å². The van der Waals surface area contributed by atoms with E-state index in [1.807, 2.05) is 76.5 Å². The summed E-state index contributed by atoms with van der Waals surface area (Å²) in [7, 11) is 3.98. The van der Waals surface area contributed by atoms with E-state index >= 15 is 0 Å². The Balaban J connectivity index is 1.75. The molecule has 0 radical (unpaired) electrons. The number of carbonyl (C=O) groups is 2. The van der Waals surface area contributed by atoms with Crippen molar-refractivity contribution in [3.05, 3.63) is 83.2 Å². The summed E-state index contributed by atoms with van der Waals surface area (Å²) in [4.78, 5) is 26.5. The molecule has 4 heteroatoms.